The molecule has 0 saturated heterocycles. The van der Waals surface area contributed by atoms with Crippen molar-refractivity contribution in [3.63, 3.8) is 0 Å². The molecule has 2 nitrogen and oxygen atoms in total. The topological polar surface area (TPSA) is 29.5 Å². The summed E-state index contributed by atoms with van der Waals surface area (Å²) >= 11 is 6.11. The van der Waals surface area contributed by atoms with Crippen molar-refractivity contribution in [2.24, 2.45) is 0 Å². The van der Waals surface area contributed by atoms with Gasteiger partial charge in [0.25, 0.3) is 0 Å². The molecule has 0 heterocycles. The molecule has 0 radical (unpaired) electrons. The van der Waals surface area contributed by atoms with E-state index in [1.165, 1.54) is 0 Å². The van der Waals surface area contributed by atoms with Gasteiger partial charge in [0.05, 0.1) is 11.7 Å². The van der Waals surface area contributed by atoms with E-state index in [2.05, 4.69) is 0 Å². The number of benzene rings is 1. The van der Waals surface area contributed by atoms with E-state index < -0.39 is 11.7 Å². The quantitative estimate of drug-likeness (QED) is 0.880. The number of aliphatic hydroxyl groups excluding tert-OH is 1. The molecule has 16 heavy (non-hydrogen) atoms. The number of hydrogen-bond donors (Lipinski definition) is 1. The van der Waals surface area contributed by atoms with Gasteiger partial charge in [0.2, 0.25) is 0 Å². The molecule has 1 aromatic carbocycles. The van der Waals surface area contributed by atoms with E-state index in [1.807, 2.05) is 39.0 Å². The highest BCUT2D eigenvalue weighted by atomic mass is 35.5. The third kappa shape index (κ3) is 3.21. The van der Waals surface area contributed by atoms with Crippen molar-refractivity contribution >= 4 is 11.6 Å². The molecule has 1 unspecified atom stereocenters. The molecule has 0 aliphatic rings. The summed E-state index contributed by atoms with van der Waals surface area (Å²) in [5.74, 6) is 0. The van der Waals surface area contributed by atoms with Crippen LogP contribution in [-0.4, -0.2) is 23.9 Å². The van der Waals surface area contributed by atoms with Gasteiger partial charge in [-0.3, -0.25) is 0 Å². The van der Waals surface area contributed by atoms with Crippen LogP contribution in [0.1, 0.15) is 25.0 Å². The summed E-state index contributed by atoms with van der Waals surface area (Å²) in [4.78, 5) is 0. The van der Waals surface area contributed by atoms with Crippen LogP contribution in [0, 0.1) is 6.92 Å². The fraction of sp³-hybridized carbons (Fsp3) is 0.538. The minimum atomic E-state index is -0.572. The summed E-state index contributed by atoms with van der Waals surface area (Å²) in [5.41, 5.74) is 1.51. The second kappa shape index (κ2) is 5.17. The highest BCUT2D eigenvalue weighted by molar-refractivity contribution is 6.31. The van der Waals surface area contributed by atoms with E-state index in [0.29, 0.717) is 11.4 Å². The molecule has 0 spiro atoms. The Labute approximate surface area is 102 Å². The predicted octanol–water partition coefficient (Wildman–Crippen LogP) is 2.98. The summed E-state index contributed by atoms with van der Waals surface area (Å²) in [6.45, 7) is 5.71. The first-order valence-corrected chi connectivity index (χ1v) is 5.73. The van der Waals surface area contributed by atoms with Crippen LogP contribution in [0.15, 0.2) is 18.2 Å². The SMILES string of the molecule is COC(C)(C)C(O)Cc1ccc(C)cc1Cl. The molecule has 0 bridgehead atoms. The molecule has 0 aliphatic carbocycles. The summed E-state index contributed by atoms with van der Waals surface area (Å²) in [7, 11) is 1.60. The third-order valence-corrected chi connectivity index (χ3v) is 3.30. The van der Waals surface area contributed by atoms with Crippen LogP contribution in [-0.2, 0) is 11.2 Å². The van der Waals surface area contributed by atoms with Crippen molar-refractivity contribution in [3.8, 4) is 0 Å². The first kappa shape index (κ1) is 13.5. The lowest BCUT2D eigenvalue weighted by atomic mass is 9.94. The van der Waals surface area contributed by atoms with Gasteiger partial charge in [0.15, 0.2) is 0 Å². The summed E-state index contributed by atoms with van der Waals surface area (Å²) in [5, 5.41) is 10.7. The van der Waals surface area contributed by atoms with E-state index in [0.717, 1.165) is 11.1 Å². The molecular weight excluding hydrogens is 224 g/mol. The molecule has 1 N–H and O–H groups in total. The Hall–Kier alpha value is -0.570. The van der Waals surface area contributed by atoms with E-state index in [1.54, 1.807) is 7.11 Å². The van der Waals surface area contributed by atoms with Crippen LogP contribution in [0.4, 0.5) is 0 Å². The summed E-state index contributed by atoms with van der Waals surface area (Å²) < 4.78 is 5.24. The second-order valence-electron chi connectivity index (χ2n) is 4.62. The van der Waals surface area contributed by atoms with Crippen molar-refractivity contribution < 1.29 is 9.84 Å². The number of ether oxygens (including phenoxy) is 1. The fourth-order valence-electron chi connectivity index (χ4n) is 1.41. The highest BCUT2D eigenvalue weighted by Crippen LogP contribution is 2.23. The number of aryl methyl sites for hydroxylation is 1. The Bertz CT molecular complexity index is 361. The third-order valence-electron chi connectivity index (χ3n) is 2.95. The molecule has 0 saturated carbocycles. The van der Waals surface area contributed by atoms with Crippen molar-refractivity contribution in [2.45, 2.75) is 38.9 Å². The van der Waals surface area contributed by atoms with Gasteiger partial charge >= 0.3 is 0 Å². The predicted molar refractivity (Wildman–Crippen MR) is 67.0 cm³/mol. The molecule has 0 aliphatic heterocycles. The van der Waals surface area contributed by atoms with Gasteiger partial charge in [-0.1, -0.05) is 23.7 Å². The van der Waals surface area contributed by atoms with E-state index in [9.17, 15) is 5.11 Å². The number of hydrogen-bond acceptors (Lipinski definition) is 2. The lowest BCUT2D eigenvalue weighted by Crippen LogP contribution is -2.39. The molecule has 90 valence electrons. The largest absolute Gasteiger partial charge is 0.390 e. The Balaban J connectivity index is 2.81. The average Bonchev–Trinajstić information content (AvgIpc) is 2.22. The van der Waals surface area contributed by atoms with Crippen LogP contribution < -0.4 is 0 Å². The molecule has 3 heteroatoms. The van der Waals surface area contributed by atoms with Crippen LogP contribution >= 0.6 is 11.6 Å². The summed E-state index contributed by atoms with van der Waals surface area (Å²) in [6.07, 6.45) is -0.0716. The molecular formula is C13H19ClO2. The first-order chi connectivity index (χ1) is 7.36. The number of aliphatic hydroxyl groups is 1. The van der Waals surface area contributed by atoms with Crippen LogP contribution in [0.2, 0.25) is 5.02 Å². The van der Waals surface area contributed by atoms with Gasteiger partial charge < -0.3 is 9.84 Å². The number of halogens is 1. The van der Waals surface area contributed by atoms with E-state index in [4.69, 9.17) is 16.3 Å². The smallest absolute Gasteiger partial charge is 0.0883 e. The lowest BCUT2D eigenvalue weighted by Gasteiger charge is -2.29. The maximum absolute atomic E-state index is 10.0. The number of methoxy groups -OCH3 is 1. The van der Waals surface area contributed by atoms with Gasteiger partial charge in [-0.05, 0) is 38.0 Å². The molecule has 1 aromatic rings. The Morgan fingerprint density at radius 2 is 2.06 bits per heavy atom. The lowest BCUT2D eigenvalue weighted by molar-refractivity contribution is -0.0764. The van der Waals surface area contributed by atoms with Gasteiger partial charge in [0.1, 0.15) is 0 Å². The molecule has 1 atom stereocenters. The molecule has 0 amide bonds. The summed E-state index contributed by atoms with van der Waals surface area (Å²) in [6, 6.07) is 5.85. The average molecular weight is 243 g/mol. The zero-order chi connectivity index (χ0) is 12.3. The second-order valence-corrected chi connectivity index (χ2v) is 5.03. The molecule has 0 aromatic heterocycles. The van der Waals surface area contributed by atoms with Crippen LogP contribution in [0.5, 0.6) is 0 Å². The van der Waals surface area contributed by atoms with E-state index in [-0.39, 0.29) is 0 Å². The zero-order valence-electron chi connectivity index (χ0n) is 10.2. The minimum Gasteiger partial charge on any atom is -0.390 e. The van der Waals surface area contributed by atoms with Gasteiger partial charge in [-0.25, -0.2) is 0 Å². The van der Waals surface area contributed by atoms with Crippen LogP contribution in [0.25, 0.3) is 0 Å². The van der Waals surface area contributed by atoms with Crippen molar-refractivity contribution in [3.05, 3.63) is 34.3 Å². The monoisotopic (exact) mass is 242 g/mol. The molecule has 1 rings (SSSR count). The normalized spacial score (nSPS) is 13.9. The van der Waals surface area contributed by atoms with Gasteiger partial charge in [0, 0.05) is 18.6 Å². The standard InChI is InChI=1S/C13H19ClO2/c1-9-5-6-10(11(14)7-9)8-12(15)13(2,3)16-4/h5-7,12,15H,8H2,1-4H3. The van der Waals surface area contributed by atoms with Gasteiger partial charge in [-0.2, -0.15) is 0 Å². The number of rotatable bonds is 4. The maximum Gasteiger partial charge on any atom is 0.0883 e. The van der Waals surface area contributed by atoms with Crippen LogP contribution in [0.3, 0.4) is 0 Å². The maximum atomic E-state index is 10.0. The Morgan fingerprint density at radius 1 is 1.44 bits per heavy atom. The zero-order valence-corrected chi connectivity index (χ0v) is 11.0. The van der Waals surface area contributed by atoms with Crippen molar-refractivity contribution in [1.29, 1.82) is 0 Å². The van der Waals surface area contributed by atoms with E-state index >= 15 is 0 Å². The highest BCUT2D eigenvalue weighted by Gasteiger charge is 2.27. The Morgan fingerprint density at radius 3 is 2.56 bits per heavy atom. The Kier molecular flexibility index (Phi) is 4.36. The first-order valence-electron chi connectivity index (χ1n) is 5.35. The van der Waals surface area contributed by atoms with Crippen molar-refractivity contribution in [1.82, 2.24) is 0 Å². The molecule has 0 fully saturated rings. The van der Waals surface area contributed by atoms with Crippen molar-refractivity contribution in [2.75, 3.05) is 7.11 Å². The fourth-order valence-corrected chi connectivity index (χ4v) is 1.72. The van der Waals surface area contributed by atoms with Gasteiger partial charge in [-0.15, -0.1) is 0 Å². The minimum absolute atomic E-state index is 0.500.